The SMILES string of the molecule is Bc1cc(NC(=C)c2nonc2N)ccc1F. The number of nitrogens with two attached hydrogens (primary N) is 1. The van der Waals surface area contributed by atoms with Gasteiger partial charge >= 0.3 is 0 Å². The predicted octanol–water partition coefficient (Wildman–Crippen LogP) is 0.132. The van der Waals surface area contributed by atoms with Crippen molar-refractivity contribution in [1.29, 1.82) is 0 Å². The average molecular weight is 232 g/mol. The lowest BCUT2D eigenvalue weighted by atomic mass is 9.95. The first kappa shape index (κ1) is 11.2. The van der Waals surface area contributed by atoms with Gasteiger partial charge in [0.15, 0.2) is 11.5 Å². The van der Waals surface area contributed by atoms with Crippen LogP contribution in [0.3, 0.4) is 0 Å². The van der Waals surface area contributed by atoms with Crippen LogP contribution in [0.15, 0.2) is 29.4 Å². The number of hydrogen-bond donors (Lipinski definition) is 2. The number of anilines is 2. The second-order valence-electron chi connectivity index (χ2n) is 3.57. The monoisotopic (exact) mass is 232 g/mol. The quantitative estimate of drug-likeness (QED) is 0.735. The molecule has 0 aliphatic rings. The zero-order valence-electron chi connectivity index (χ0n) is 9.20. The van der Waals surface area contributed by atoms with Crippen molar-refractivity contribution >= 4 is 30.5 Å². The van der Waals surface area contributed by atoms with Crippen LogP contribution in [-0.4, -0.2) is 18.2 Å². The molecule has 1 heterocycles. The predicted molar refractivity (Wildman–Crippen MR) is 65.9 cm³/mol. The number of hydrogen-bond acceptors (Lipinski definition) is 5. The fourth-order valence-electron chi connectivity index (χ4n) is 1.36. The van der Waals surface area contributed by atoms with Gasteiger partial charge in [0.2, 0.25) is 0 Å². The lowest BCUT2D eigenvalue weighted by molar-refractivity contribution is 0.308. The van der Waals surface area contributed by atoms with E-state index in [0.717, 1.165) is 0 Å². The van der Waals surface area contributed by atoms with Crippen molar-refractivity contribution in [3.8, 4) is 0 Å². The molecule has 2 aromatic rings. The third-order valence-corrected chi connectivity index (χ3v) is 2.25. The van der Waals surface area contributed by atoms with Crippen LogP contribution in [-0.2, 0) is 0 Å². The van der Waals surface area contributed by atoms with Gasteiger partial charge < -0.3 is 11.1 Å². The van der Waals surface area contributed by atoms with Crippen LogP contribution in [0.1, 0.15) is 5.69 Å². The molecule has 5 nitrogen and oxygen atoms in total. The van der Waals surface area contributed by atoms with Crippen LogP contribution < -0.4 is 16.5 Å². The zero-order valence-corrected chi connectivity index (χ0v) is 9.20. The molecule has 17 heavy (non-hydrogen) atoms. The van der Waals surface area contributed by atoms with E-state index in [4.69, 9.17) is 5.73 Å². The number of nitrogen functional groups attached to an aromatic ring is 1. The van der Waals surface area contributed by atoms with Gasteiger partial charge in [-0.2, -0.15) is 0 Å². The normalized spacial score (nSPS) is 10.2. The van der Waals surface area contributed by atoms with Gasteiger partial charge in [-0.05, 0) is 28.5 Å². The minimum absolute atomic E-state index is 0.154. The van der Waals surface area contributed by atoms with E-state index in [9.17, 15) is 4.39 Å². The van der Waals surface area contributed by atoms with E-state index in [1.807, 2.05) is 0 Å². The summed E-state index contributed by atoms with van der Waals surface area (Å²) in [7, 11) is 1.68. The van der Waals surface area contributed by atoms with Gasteiger partial charge in [0.05, 0.1) is 5.70 Å². The highest BCUT2D eigenvalue weighted by Crippen LogP contribution is 2.18. The number of nitrogens with one attached hydrogen (secondary N) is 1. The lowest BCUT2D eigenvalue weighted by Crippen LogP contribution is -2.10. The maximum Gasteiger partial charge on any atom is 0.197 e. The largest absolute Gasteiger partial charge is 0.379 e. The Kier molecular flexibility index (Phi) is 2.82. The third-order valence-electron chi connectivity index (χ3n) is 2.25. The Morgan fingerprint density at radius 2 is 2.24 bits per heavy atom. The van der Waals surface area contributed by atoms with E-state index >= 15 is 0 Å². The first-order chi connectivity index (χ1) is 8.08. The highest BCUT2D eigenvalue weighted by Gasteiger charge is 2.10. The Morgan fingerprint density at radius 3 is 2.82 bits per heavy atom. The molecule has 86 valence electrons. The van der Waals surface area contributed by atoms with Crippen molar-refractivity contribution < 1.29 is 9.02 Å². The second-order valence-corrected chi connectivity index (χ2v) is 3.57. The van der Waals surface area contributed by atoms with Gasteiger partial charge in [-0.1, -0.05) is 12.0 Å². The molecule has 2 rings (SSSR count). The van der Waals surface area contributed by atoms with Crippen LogP contribution in [0.4, 0.5) is 15.9 Å². The molecule has 0 amide bonds. The summed E-state index contributed by atoms with van der Waals surface area (Å²) in [5, 5.41) is 10.00. The third kappa shape index (κ3) is 2.27. The van der Waals surface area contributed by atoms with Crippen molar-refractivity contribution in [1.82, 2.24) is 10.3 Å². The molecule has 0 atom stereocenters. The Labute approximate surface area is 97.9 Å². The molecule has 0 spiro atoms. The summed E-state index contributed by atoms with van der Waals surface area (Å²) < 4.78 is 17.5. The number of nitrogens with zero attached hydrogens (tertiary/aromatic N) is 2. The summed E-state index contributed by atoms with van der Waals surface area (Å²) in [5.74, 6) is -0.106. The molecule has 0 aliphatic heterocycles. The van der Waals surface area contributed by atoms with Gasteiger partial charge in [-0.25, -0.2) is 9.02 Å². The minimum Gasteiger partial charge on any atom is -0.379 e. The van der Waals surface area contributed by atoms with Crippen LogP contribution in [0, 0.1) is 5.82 Å². The highest BCUT2D eigenvalue weighted by molar-refractivity contribution is 6.32. The Morgan fingerprint density at radius 1 is 1.47 bits per heavy atom. The van der Waals surface area contributed by atoms with Crippen molar-refractivity contribution in [2.45, 2.75) is 0 Å². The lowest BCUT2D eigenvalue weighted by Gasteiger charge is -2.08. The molecular formula is C10H10BFN4O. The van der Waals surface area contributed by atoms with Gasteiger partial charge in [0.1, 0.15) is 13.7 Å². The molecule has 0 bridgehead atoms. The Hall–Kier alpha value is -2.31. The first-order valence-corrected chi connectivity index (χ1v) is 4.88. The van der Waals surface area contributed by atoms with E-state index in [1.165, 1.54) is 6.07 Å². The van der Waals surface area contributed by atoms with Crippen molar-refractivity contribution in [3.63, 3.8) is 0 Å². The number of rotatable bonds is 3. The van der Waals surface area contributed by atoms with Gasteiger partial charge in [0.25, 0.3) is 0 Å². The molecule has 0 radical (unpaired) electrons. The standard InChI is InChI=1S/C10H10BFN4O/c1-5(9-10(13)16-17-15-9)14-6-2-3-8(12)7(11)4-6/h2-4,14H,1,11H2,(H2,13,16). The molecule has 1 aromatic carbocycles. The van der Waals surface area contributed by atoms with Gasteiger partial charge in [-0.15, -0.1) is 0 Å². The van der Waals surface area contributed by atoms with Crippen molar-refractivity contribution in [3.05, 3.63) is 36.3 Å². The molecule has 0 unspecified atom stereocenters. The summed E-state index contributed by atoms with van der Waals surface area (Å²) in [5.41, 5.74) is 7.53. The Bertz CT molecular complexity index is 569. The summed E-state index contributed by atoms with van der Waals surface area (Å²) in [4.78, 5) is 0. The van der Waals surface area contributed by atoms with Crippen molar-refractivity contribution in [2.75, 3.05) is 11.1 Å². The maximum atomic E-state index is 13.1. The van der Waals surface area contributed by atoms with Gasteiger partial charge in [-0.3, -0.25) is 0 Å². The summed E-state index contributed by atoms with van der Waals surface area (Å²) >= 11 is 0. The summed E-state index contributed by atoms with van der Waals surface area (Å²) in [6.07, 6.45) is 0. The smallest absolute Gasteiger partial charge is 0.197 e. The number of halogens is 1. The summed E-state index contributed by atoms with van der Waals surface area (Å²) in [6.45, 7) is 3.76. The van der Waals surface area contributed by atoms with Gasteiger partial charge in [0, 0.05) is 5.69 Å². The van der Waals surface area contributed by atoms with Crippen LogP contribution >= 0.6 is 0 Å². The average Bonchev–Trinajstić information content (AvgIpc) is 2.70. The topological polar surface area (TPSA) is 77.0 Å². The van der Waals surface area contributed by atoms with E-state index in [1.54, 1.807) is 20.0 Å². The highest BCUT2D eigenvalue weighted by atomic mass is 19.1. The molecule has 0 saturated heterocycles. The molecule has 0 aliphatic carbocycles. The Balaban J connectivity index is 2.19. The molecular weight excluding hydrogens is 222 g/mol. The maximum absolute atomic E-state index is 13.1. The van der Waals surface area contributed by atoms with E-state index in [2.05, 4.69) is 26.8 Å². The second kappa shape index (κ2) is 4.29. The first-order valence-electron chi connectivity index (χ1n) is 4.88. The summed E-state index contributed by atoms with van der Waals surface area (Å²) in [6, 6.07) is 4.62. The minimum atomic E-state index is -0.260. The molecule has 1 aromatic heterocycles. The van der Waals surface area contributed by atoms with E-state index < -0.39 is 0 Å². The van der Waals surface area contributed by atoms with E-state index in [-0.39, 0.29) is 11.6 Å². The fraction of sp³-hybridized carbons (Fsp3) is 0. The molecule has 0 fully saturated rings. The van der Waals surface area contributed by atoms with Crippen molar-refractivity contribution in [2.24, 2.45) is 0 Å². The molecule has 3 N–H and O–H groups in total. The number of aromatic nitrogens is 2. The molecule has 0 saturated carbocycles. The number of benzene rings is 1. The van der Waals surface area contributed by atoms with Crippen LogP contribution in [0.2, 0.25) is 0 Å². The van der Waals surface area contributed by atoms with Crippen LogP contribution in [0.5, 0.6) is 0 Å². The van der Waals surface area contributed by atoms with E-state index in [0.29, 0.717) is 22.5 Å². The zero-order chi connectivity index (χ0) is 12.4. The van der Waals surface area contributed by atoms with Crippen LogP contribution in [0.25, 0.3) is 5.70 Å². The fourth-order valence-corrected chi connectivity index (χ4v) is 1.36. The molecule has 7 heteroatoms.